The molecule has 4 N–H and O–H groups in total. The van der Waals surface area contributed by atoms with Crippen LogP contribution in [0, 0.1) is 5.41 Å². The minimum Gasteiger partial charge on any atom is -0.368 e. The van der Waals surface area contributed by atoms with Crippen LogP contribution in [0.15, 0.2) is 0 Å². The van der Waals surface area contributed by atoms with E-state index < -0.39 is 5.54 Å². The van der Waals surface area contributed by atoms with Gasteiger partial charge in [0.25, 0.3) is 0 Å². The quantitative estimate of drug-likeness (QED) is 0.599. The number of hydrogen-bond donors (Lipinski definition) is 2. The monoisotopic (exact) mass is 168 g/mol. The summed E-state index contributed by atoms with van der Waals surface area (Å²) in [5.41, 5.74) is 10.9. The van der Waals surface area contributed by atoms with E-state index >= 15 is 0 Å². The van der Waals surface area contributed by atoms with E-state index in [9.17, 15) is 4.79 Å². The zero-order valence-electron chi connectivity index (χ0n) is 7.31. The summed E-state index contributed by atoms with van der Waals surface area (Å²) < 4.78 is 0. The summed E-state index contributed by atoms with van der Waals surface area (Å²) in [6.07, 6.45) is 6.38. The molecule has 12 heavy (non-hydrogen) atoms. The highest BCUT2D eigenvalue weighted by Gasteiger charge is 2.60. The first kappa shape index (κ1) is 8.05. The molecule has 1 atom stereocenters. The van der Waals surface area contributed by atoms with Crippen molar-refractivity contribution in [3.8, 4) is 0 Å². The first-order valence-corrected chi connectivity index (χ1v) is 4.70. The summed E-state index contributed by atoms with van der Waals surface area (Å²) >= 11 is 0. The average Bonchev–Trinajstić information content (AvgIpc) is 2.77. The van der Waals surface area contributed by atoms with Crippen LogP contribution in [-0.2, 0) is 4.79 Å². The number of rotatable bonds is 1. The molecule has 0 saturated heterocycles. The van der Waals surface area contributed by atoms with Crippen molar-refractivity contribution in [3.63, 3.8) is 0 Å². The molecule has 2 saturated carbocycles. The lowest BCUT2D eigenvalue weighted by Crippen LogP contribution is -2.60. The van der Waals surface area contributed by atoms with E-state index in [1.165, 1.54) is 6.42 Å². The van der Waals surface area contributed by atoms with Gasteiger partial charge in [-0.05, 0) is 31.1 Å². The number of nitrogens with two attached hydrogens (primary N) is 2. The standard InChI is InChI=1S/C9H16N2O/c10-7(12)9(11)4-2-1-3-8(9)5-6-8/h1-6,11H2,(H2,10,12). The lowest BCUT2D eigenvalue weighted by molar-refractivity contribution is -0.127. The fourth-order valence-corrected chi connectivity index (χ4v) is 2.59. The first-order chi connectivity index (χ1) is 5.61. The highest BCUT2D eigenvalue weighted by Crippen LogP contribution is 2.60. The Kier molecular flexibility index (Phi) is 1.49. The van der Waals surface area contributed by atoms with E-state index in [0.717, 1.165) is 32.1 Å². The maximum absolute atomic E-state index is 11.2. The second-order valence-electron chi connectivity index (χ2n) is 4.32. The molecule has 1 amide bonds. The van der Waals surface area contributed by atoms with Gasteiger partial charge < -0.3 is 11.5 Å². The molecular weight excluding hydrogens is 152 g/mol. The van der Waals surface area contributed by atoms with Crippen LogP contribution in [0.5, 0.6) is 0 Å². The molecule has 1 unspecified atom stereocenters. The van der Waals surface area contributed by atoms with Gasteiger partial charge in [0.1, 0.15) is 5.54 Å². The predicted octanol–water partition coefficient (Wildman–Crippen LogP) is 0.523. The van der Waals surface area contributed by atoms with E-state index in [1.54, 1.807) is 0 Å². The van der Waals surface area contributed by atoms with Gasteiger partial charge in [0.05, 0.1) is 0 Å². The van der Waals surface area contributed by atoms with Crippen molar-refractivity contribution in [1.82, 2.24) is 0 Å². The first-order valence-electron chi connectivity index (χ1n) is 4.70. The van der Waals surface area contributed by atoms with Crippen molar-refractivity contribution < 1.29 is 4.79 Å². The van der Waals surface area contributed by atoms with Gasteiger partial charge in [0.2, 0.25) is 5.91 Å². The van der Waals surface area contributed by atoms with Gasteiger partial charge in [-0.25, -0.2) is 0 Å². The van der Waals surface area contributed by atoms with Gasteiger partial charge in [-0.1, -0.05) is 12.8 Å². The van der Waals surface area contributed by atoms with Crippen molar-refractivity contribution in [3.05, 3.63) is 0 Å². The molecule has 0 aromatic heterocycles. The Bertz CT molecular complexity index is 223. The summed E-state index contributed by atoms with van der Waals surface area (Å²) in [5, 5.41) is 0. The SMILES string of the molecule is NC(=O)C1(N)CCCCC12CC2. The Hall–Kier alpha value is -0.570. The van der Waals surface area contributed by atoms with Gasteiger partial charge in [-0.3, -0.25) is 4.79 Å². The van der Waals surface area contributed by atoms with E-state index in [0.29, 0.717) is 0 Å². The van der Waals surface area contributed by atoms with Crippen LogP contribution in [0.4, 0.5) is 0 Å². The van der Waals surface area contributed by atoms with Gasteiger partial charge >= 0.3 is 0 Å². The molecule has 3 nitrogen and oxygen atoms in total. The molecule has 0 heterocycles. The van der Waals surface area contributed by atoms with Crippen molar-refractivity contribution >= 4 is 5.91 Å². The summed E-state index contributed by atoms with van der Waals surface area (Å²) in [6.45, 7) is 0. The zero-order valence-corrected chi connectivity index (χ0v) is 7.31. The average molecular weight is 168 g/mol. The Balaban J connectivity index is 2.26. The minimum atomic E-state index is -0.675. The molecule has 2 aliphatic rings. The van der Waals surface area contributed by atoms with Crippen molar-refractivity contribution in [2.24, 2.45) is 16.9 Å². The summed E-state index contributed by atoms with van der Waals surface area (Å²) in [6, 6.07) is 0. The maximum atomic E-state index is 11.2. The second kappa shape index (κ2) is 2.22. The highest BCUT2D eigenvalue weighted by atomic mass is 16.1. The molecule has 0 bridgehead atoms. The van der Waals surface area contributed by atoms with Crippen LogP contribution in [0.2, 0.25) is 0 Å². The van der Waals surface area contributed by atoms with Crippen LogP contribution in [0.1, 0.15) is 38.5 Å². The Morgan fingerprint density at radius 2 is 1.67 bits per heavy atom. The van der Waals surface area contributed by atoms with Crippen molar-refractivity contribution in [1.29, 1.82) is 0 Å². The van der Waals surface area contributed by atoms with Gasteiger partial charge in [0, 0.05) is 0 Å². The van der Waals surface area contributed by atoms with E-state index in [2.05, 4.69) is 0 Å². The Morgan fingerprint density at radius 3 is 2.08 bits per heavy atom. The molecule has 0 aromatic rings. The lowest BCUT2D eigenvalue weighted by Gasteiger charge is -2.39. The Morgan fingerprint density at radius 1 is 1.08 bits per heavy atom. The smallest absolute Gasteiger partial charge is 0.238 e. The van der Waals surface area contributed by atoms with E-state index in [4.69, 9.17) is 11.5 Å². The fraction of sp³-hybridized carbons (Fsp3) is 0.889. The topological polar surface area (TPSA) is 69.1 Å². The van der Waals surface area contributed by atoms with E-state index in [-0.39, 0.29) is 11.3 Å². The van der Waals surface area contributed by atoms with Crippen molar-refractivity contribution in [2.45, 2.75) is 44.1 Å². The molecule has 2 fully saturated rings. The number of primary amides is 1. The molecule has 1 spiro atoms. The molecule has 3 heteroatoms. The molecule has 68 valence electrons. The summed E-state index contributed by atoms with van der Waals surface area (Å²) in [4.78, 5) is 11.2. The van der Waals surface area contributed by atoms with Crippen molar-refractivity contribution in [2.75, 3.05) is 0 Å². The Labute approximate surface area is 72.5 Å². The number of hydrogen-bond acceptors (Lipinski definition) is 2. The molecule has 0 aliphatic heterocycles. The van der Waals surface area contributed by atoms with Gasteiger partial charge in [-0.2, -0.15) is 0 Å². The van der Waals surface area contributed by atoms with Gasteiger partial charge in [-0.15, -0.1) is 0 Å². The lowest BCUT2D eigenvalue weighted by atomic mass is 9.70. The summed E-state index contributed by atoms with van der Waals surface area (Å²) in [7, 11) is 0. The third kappa shape index (κ3) is 0.829. The second-order valence-corrected chi connectivity index (χ2v) is 4.32. The molecule has 2 rings (SSSR count). The van der Waals surface area contributed by atoms with Crippen LogP contribution in [0.25, 0.3) is 0 Å². The molecular formula is C9H16N2O. The normalized spacial score (nSPS) is 38.1. The van der Waals surface area contributed by atoms with Crippen LogP contribution >= 0.6 is 0 Å². The summed E-state index contributed by atoms with van der Waals surface area (Å²) in [5.74, 6) is -0.292. The molecule has 0 aromatic carbocycles. The van der Waals surface area contributed by atoms with Crippen LogP contribution in [-0.4, -0.2) is 11.4 Å². The highest BCUT2D eigenvalue weighted by molar-refractivity contribution is 5.86. The number of carbonyl (C=O) groups excluding carboxylic acids is 1. The molecule has 0 radical (unpaired) electrons. The third-order valence-electron chi connectivity index (χ3n) is 3.72. The zero-order chi connectivity index (χ0) is 8.82. The van der Waals surface area contributed by atoms with Gasteiger partial charge in [0.15, 0.2) is 0 Å². The third-order valence-corrected chi connectivity index (χ3v) is 3.72. The fourth-order valence-electron chi connectivity index (χ4n) is 2.59. The van der Waals surface area contributed by atoms with Crippen LogP contribution < -0.4 is 11.5 Å². The number of amides is 1. The van der Waals surface area contributed by atoms with Crippen LogP contribution in [0.3, 0.4) is 0 Å². The largest absolute Gasteiger partial charge is 0.368 e. The number of carbonyl (C=O) groups is 1. The maximum Gasteiger partial charge on any atom is 0.238 e. The molecule has 2 aliphatic carbocycles. The minimum absolute atomic E-state index is 0.108. The predicted molar refractivity (Wildman–Crippen MR) is 46.2 cm³/mol. The van der Waals surface area contributed by atoms with E-state index in [1.807, 2.05) is 0 Å².